The van der Waals surface area contributed by atoms with Crippen LogP contribution in [0.1, 0.15) is 36.2 Å². The summed E-state index contributed by atoms with van der Waals surface area (Å²) in [5, 5.41) is 2.95. The second kappa shape index (κ2) is 11.1. The molecule has 1 N–H and O–H groups in total. The van der Waals surface area contributed by atoms with Crippen LogP contribution in [-0.2, 0) is 11.3 Å². The van der Waals surface area contributed by atoms with E-state index >= 15 is 0 Å². The van der Waals surface area contributed by atoms with E-state index < -0.39 is 0 Å². The number of para-hydroxylation sites is 1. The summed E-state index contributed by atoms with van der Waals surface area (Å²) in [5.74, 6) is -0.0721. The predicted molar refractivity (Wildman–Crippen MR) is 118 cm³/mol. The number of hydrogen-bond donors (Lipinski definition) is 1. The molecule has 3 rings (SSSR count). The topological polar surface area (TPSA) is 44.8 Å². The molecule has 5 nitrogen and oxygen atoms in total. The van der Waals surface area contributed by atoms with Crippen molar-refractivity contribution in [1.82, 2.24) is 9.80 Å². The Balaban J connectivity index is 1.47. The molecule has 156 valence electrons. The molecule has 0 spiro atoms. The normalized spacial score (nSPS) is 17.0. The highest BCUT2D eigenvalue weighted by atomic mass is 16.5. The molecule has 1 aliphatic rings. The fourth-order valence-corrected chi connectivity index (χ4v) is 3.76. The molecule has 0 aliphatic carbocycles. The van der Waals surface area contributed by atoms with E-state index in [1.54, 1.807) is 0 Å². The van der Waals surface area contributed by atoms with Gasteiger partial charge >= 0.3 is 0 Å². The van der Waals surface area contributed by atoms with Crippen LogP contribution in [-0.4, -0.2) is 61.1 Å². The number of nitrogens with one attached hydrogen (secondary N) is 1. The van der Waals surface area contributed by atoms with E-state index in [1.165, 1.54) is 0 Å². The maximum atomic E-state index is 12.5. The van der Waals surface area contributed by atoms with Crippen LogP contribution in [0.4, 0.5) is 5.69 Å². The summed E-state index contributed by atoms with van der Waals surface area (Å²) in [6, 6.07) is 17.5. The van der Waals surface area contributed by atoms with Gasteiger partial charge in [-0.05, 0) is 49.3 Å². The minimum atomic E-state index is -0.0721. The first kappa shape index (κ1) is 21.5. The Morgan fingerprint density at radius 2 is 1.93 bits per heavy atom. The number of amides is 1. The molecule has 1 heterocycles. The molecule has 2 aromatic rings. The van der Waals surface area contributed by atoms with Gasteiger partial charge in [-0.3, -0.25) is 9.69 Å². The third-order valence-electron chi connectivity index (χ3n) is 5.51. The Bertz CT molecular complexity index is 762. The zero-order valence-electron chi connectivity index (χ0n) is 17.6. The van der Waals surface area contributed by atoms with Crippen LogP contribution >= 0.6 is 0 Å². The van der Waals surface area contributed by atoms with Gasteiger partial charge in [-0.2, -0.15) is 0 Å². The molecule has 0 aromatic heterocycles. The lowest BCUT2D eigenvalue weighted by Gasteiger charge is -2.20. The maximum Gasteiger partial charge on any atom is 0.255 e. The Morgan fingerprint density at radius 3 is 2.69 bits per heavy atom. The van der Waals surface area contributed by atoms with Gasteiger partial charge in [0.25, 0.3) is 5.91 Å². The molecule has 29 heavy (non-hydrogen) atoms. The van der Waals surface area contributed by atoms with Gasteiger partial charge in [-0.25, -0.2) is 0 Å². The van der Waals surface area contributed by atoms with E-state index in [0.29, 0.717) is 11.7 Å². The first-order valence-electron chi connectivity index (χ1n) is 10.7. The van der Waals surface area contributed by atoms with Gasteiger partial charge in [0.15, 0.2) is 0 Å². The van der Waals surface area contributed by atoms with Crippen molar-refractivity contribution < 1.29 is 9.53 Å². The summed E-state index contributed by atoms with van der Waals surface area (Å²) in [4.78, 5) is 17.3. The summed E-state index contributed by atoms with van der Waals surface area (Å²) >= 11 is 0. The second-order valence-electron chi connectivity index (χ2n) is 7.56. The van der Waals surface area contributed by atoms with Gasteiger partial charge in [-0.1, -0.05) is 44.2 Å². The summed E-state index contributed by atoms with van der Waals surface area (Å²) in [5.41, 5.74) is 2.67. The second-order valence-corrected chi connectivity index (χ2v) is 7.56. The van der Waals surface area contributed by atoms with Crippen LogP contribution in [0, 0.1) is 0 Å². The Hall–Kier alpha value is -2.21. The Morgan fingerprint density at radius 1 is 1.14 bits per heavy atom. The SMILES string of the molecule is CCN(CC)CCO[C@@H]1CCN(Cc2cccc(C(=O)Nc3ccccc3)c2)C1. The molecular weight excluding hydrogens is 362 g/mol. The Labute approximate surface area is 174 Å². The minimum absolute atomic E-state index is 0.0721. The number of likely N-dealkylation sites (tertiary alicyclic amines) is 1. The number of anilines is 1. The first-order valence-corrected chi connectivity index (χ1v) is 10.7. The van der Waals surface area contributed by atoms with Crippen molar-refractivity contribution in [3.8, 4) is 0 Å². The van der Waals surface area contributed by atoms with Crippen molar-refractivity contribution in [2.24, 2.45) is 0 Å². The van der Waals surface area contributed by atoms with Gasteiger partial charge in [0.1, 0.15) is 0 Å². The van der Waals surface area contributed by atoms with E-state index in [2.05, 4.69) is 35.0 Å². The van der Waals surface area contributed by atoms with Crippen LogP contribution in [0.15, 0.2) is 54.6 Å². The van der Waals surface area contributed by atoms with Crippen molar-refractivity contribution in [3.63, 3.8) is 0 Å². The first-order chi connectivity index (χ1) is 14.2. The average molecular weight is 396 g/mol. The molecule has 2 aromatic carbocycles. The summed E-state index contributed by atoms with van der Waals surface area (Å²) in [6.07, 6.45) is 1.39. The fourth-order valence-electron chi connectivity index (χ4n) is 3.76. The molecule has 1 atom stereocenters. The third-order valence-corrected chi connectivity index (χ3v) is 5.51. The van der Waals surface area contributed by atoms with Crippen molar-refractivity contribution in [1.29, 1.82) is 0 Å². The van der Waals surface area contributed by atoms with Crippen molar-refractivity contribution in [2.75, 3.05) is 44.6 Å². The van der Waals surface area contributed by atoms with Crippen LogP contribution in [0.25, 0.3) is 0 Å². The molecular formula is C24H33N3O2. The van der Waals surface area contributed by atoms with E-state index in [1.807, 2.05) is 48.5 Å². The maximum absolute atomic E-state index is 12.5. The lowest BCUT2D eigenvalue weighted by molar-refractivity contribution is 0.0439. The van der Waals surface area contributed by atoms with E-state index in [-0.39, 0.29) is 5.91 Å². The molecule has 0 unspecified atom stereocenters. The molecule has 0 radical (unpaired) electrons. The van der Waals surface area contributed by atoms with E-state index in [9.17, 15) is 4.79 Å². The van der Waals surface area contributed by atoms with Gasteiger partial charge in [-0.15, -0.1) is 0 Å². The number of likely N-dealkylation sites (N-methyl/N-ethyl adjacent to an activating group) is 1. The van der Waals surface area contributed by atoms with Crippen molar-refractivity contribution in [3.05, 3.63) is 65.7 Å². The van der Waals surface area contributed by atoms with Gasteiger partial charge < -0.3 is 15.0 Å². The van der Waals surface area contributed by atoms with Crippen molar-refractivity contribution >= 4 is 11.6 Å². The molecule has 0 saturated carbocycles. The van der Waals surface area contributed by atoms with Crippen molar-refractivity contribution in [2.45, 2.75) is 32.9 Å². The molecule has 1 saturated heterocycles. The zero-order chi connectivity index (χ0) is 20.5. The van der Waals surface area contributed by atoms with Crippen LogP contribution in [0.5, 0.6) is 0 Å². The van der Waals surface area contributed by atoms with E-state index in [0.717, 1.165) is 63.5 Å². The molecule has 5 heteroatoms. The highest BCUT2D eigenvalue weighted by Crippen LogP contribution is 2.17. The fraction of sp³-hybridized carbons (Fsp3) is 0.458. The van der Waals surface area contributed by atoms with Gasteiger partial charge in [0, 0.05) is 37.4 Å². The number of ether oxygens (including phenoxy) is 1. The van der Waals surface area contributed by atoms with Gasteiger partial charge in [0.05, 0.1) is 12.7 Å². The summed E-state index contributed by atoms with van der Waals surface area (Å²) in [6.45, 7) is 11.2. The zero-order valence-corrected chi connectivity index (χ0v) is 17.6. The number of benzene rings is 2. The average Bonchev–Trinajstić information content (AvgIpc) is 3.19. The summed E-state index contributed by atoms with van der Waals surface area (Å²) < 4.78 is 6.09. The third kappa shape index (κ3) is 6.67. The Kier molecular flexibility index (Phi) is 8.23. The predicted octanol–water partition coefficient (Wildman–Crippen LogP) is 3.87. The highest BCUT2D eigenvalue weighted by Gasteiger charge is 2.23. The van der Waals surface area contributed by atoms with Crippen LogP contribution in [0.3, 0.4) is 0 Å². The molecule has 0 bridgehead atoms. The number of nitrogens with zero attached hydrogens (tertiary/aromatic N) is 2. The standard InChI is InChI=1S/C24H33N3O2/c1-3-26(4-2)15-16-29-23-13-14-27(19-23)18-20-9-8-10-21(17-20)24(28)25-22-11-6-5-7-12-22/h5-12,17,23H,3-4,13-16,18-19H2,1-2H3,(H,25,28)/t23-/m1/s1. The van der Waals surface area contributed by atoms with Crippen LogP contribution < -0.4 is 5.32 Å². The number of carbonyl (C=O) groups is 1. The number of rotatable bonds is 10. The smallest absolute Gasteiger partial charge is 0.255 e. The molecule has 1 amide bonds. The summed E-state index contributed by atoms with van der Waals surface area (Å²) in [7, 11) is 0. The lowest BCUT2D eigenvalue weighted by atomic mass is 10.1. The van der Waals surface area contributed by atoms with E-state index in [4.69, 9.17) is 4.74 Å². The van der Waals surface area contributed by atoms with Gasteiger partial charge in [0.2, 0.25) is 0 Å². The van der Waals surface area contributed by atoms with Crippen LogP contribution in [0.2, 0.25) is 0 Å². The minimum Gasteiger partial charge on any atom is -0.376 e. The highest BCUT2D eigenvalue weighted by molar-refractivity contribution is 6.04. The molecule has 1 fully saturated rings. The monoisotopic (exact) mass is 395 g/mol. The molecule has 1 aliphatic heterocycles. The largest absolute Gasteiger partial charge is 0.376 e. The number of hydrogen-bond acceptors (Lipinski definition) is 4. The quantitative estimate of drug-likeness (QED) is 0.663. The lowest BCUT2D eigenvalue weighted by Crippen LogP contribution is -2.29. The number of carbonyl (C=O) groups excluding carboxylic acids is 1.